The summed E-state index contributed by atoms with van der Waals surface area (Å²) in [7, 11) is 0. The van der Waals surface area contributed by atoms with Gasteiger partial charge in [-0.3, -0.25) is 9.59 Å². The number of benzene rings is 3. The second-order valence-electron chi connectivity index (χ2n) is 12.6. The Hall–Kier alpha value is -4.81. The summed E-state index contributed by atoms with van der Waals surface area (Å²) in [5.74, 6) is 1.47. The number of fused-ring (bicyclic) bond motifs is 1. The van der Waals surface area contributed by atoms with Gasteiger partial charge in [0.25, 0.3) is 0 Å². The smallest absolute Gasteiger partial charge is 0.231 e. The number of nitrogens with one attached hydrogen (secondary N) is 4. The third kappa shape index (κ3) is 8.62. The summed E-state index contributed by atoms with van der Waals surface area (Å²) in [5.41, 5.74) is 6.93. The normalized spacial score (nSPS) is 16.3. The van der Waals surface area contributed by atoms with Gasteiger partial charge in [-0.05, 0) is 59.7 Å². The van der Waals surface area contributed by atoms with Crippen LogP contribution in [0, 0.1) is 0 Å². The van der Waals surface area contributed by atoms with Crippen molar-refractivity contribution < 1.29 is 19.1 Å². The van der Waals surface area contributed by atoms with E-state index in [1.54, 1.807) is 0 Å². The standard InChI is InChI=1S/C38H43N7O4/c46-37(11-17-44-19-13-39-14-20-44)41-31-6-1-27(2-7-31)33-23-30(29-5-10-35-36(25-29)49-26-48-35)24-34(43-33)28-3-8-32(9-4-28)42-38(47)12-18-45-21-15-40-16-22-45/h1-10,23-25,39-40H,11-22,26H2,(H,41,46)(H,42,47). The van der Waals surface area contributed by atoms with E-state index in [0.29, 0.717) is 18.6 Å². The number of anilines is 2. The first-order chi connectivity index (χ1) is 24.1. The second kappa shape index (κ2) is 15.6. The van der Waals surface area contributed by atoms with Crippen molar-refractivity contribution in [1.29, 1.82) is 0 Å². The molecule has 254 valence electrons. The highest BCUT2D eigenvalue weighted by atomic mass is 16.7. The van der Waals surface area contributed by atoms with Crippen LogP contribution in [0.3, 0.4) is 0 Å². The number of piperazine rings is 2. The Kier molecular flexibility index (Phi) is 10.4. The molecule has 7 rings (SSSR count). The third-order valence-electron chi connectivity index (χ3n) is 9.19. The maximum atomic E-state index is 12.7. The van der Waals surface area contributed by atoms with Gasteiger partial charge in [-0.25, -0.2) is 4.98 Å². The molecule has 4 heterocycles. The number of pyridine rings is 1. The van der Waals surface area contributed by atoms with Crippen molar-refractivity contribution in [2.75, 3.05) is 82.9 Å². The van der Waals surface area contributed by atoms with Crippen LogP contribution in [0.15, 0.2) is 78.9 Å². The lowest BCUT2D eigenvalue weighted by atomic mass is 9.99. The van der Waals surface area contributed by atoms with Crippen LogP contribution in [-0.4, -0.2) is 98.8 Å². The zero-order valence-electron chi connectivity index (χ0n) is 27.7. The van der Waals surface area contributed by atoms with Crippen molar-refractivity contribution in [2.24, 2.45) is 0 Å². The number of hydrogen-bond donors (Lipinski definition) is 4. The minimum Gasteiger partial charge on any atom is -0.454 e. The first-order valence-corrected chi connectivity index (χ1v) is 17.1. The minimum atomic E-state index is 0.00990. The number of hydrogen-bond acceptors (Lipinski definition) is 9. The molecule has 2 fully saturated rings. The molecule has 49 heavy (non-hydrogen) atoms. The first-order valence-electron chi connectivity index (χ1n) is 17.1. The Labute approximate surface area is 287 Å². The van der Waals surface area contributed by atoms with E-state index in [1.165, 1.54) is 0 Å². The van der Waals surface area contributed by atoms with Crippen LogP contribution >= 0.6 is 0 Å². The lowest BCUT2D eigenvalue weighted by molar-refractivity contribution is -0.117. The van der Waals surface area contributed by atoms with Gasteiger partial charge in [0, 0.05) is 101 Å². The molecular weight excluding hydrogens is 618 g/mol. The van der Waals surface area contributed by atoms with Gasteiger partial charge >= 0.3 is 0 Å². The Balaban J connectivity index is 1.07. The molecule has 3 aromatic carbocycles. The van der Waals surface area contributed by atoms with Crippen molar-refractivity contribution >= 4 is 23.2 Å². The van der Waals surface area contributed by atoms with Gasteiger partial charge in [0.1, 0.15) is 0 Å². The van der Waals surface area contributed by atoms with Crippen LogP contribution in [-0.2, 0) is 9.59 Å². The Morgan fingerprint density at radius 2 is 1.06 bits per heavy atom. The van der Waals surface area contributed by atoms with E-state index in [4.69, 9.17) is 14.5 Å². The van der Waals surface area contributed by atoms with Gasteiger partial charge < -0.3 is 40.5 Å². The minimum absolute atomic E-state index is 0.00990. The monoisotopic (exact) mass is 661 g/mol. The zero-order valence-corrected chi connectivity index (χ0v) is 27.7. The summed E-state index contributed by atoms with van der Waals surface area (Å²) in [6.07, 6.45) is 0.923. The predicted molar refractivity (Wildman–Crippen MR) is 192 cm³/mol. The van der Waals surface area contributed by atoms with Crippen LogP contribution in [0.1, 0.15) is 12.8 Å². The lowest BCUT2D eigenvalue weighted by Crippen LogP contribution is -2.44. The molecule has 0 aliphatic carbocycles. The van der Waals surface area contributed by atoms with E-state index in [9.17, 15) is 9.59 Å². The molecule has 0 unspecified atom stereocenters. The van der Waals surface area contributed by atoms with Crippen LogP contribution in [0.4, 0.5) is 11.4 Å². The van der Waals surface area contributed by atoms with Gasteiger partial charge in [-0.1, -0.05) is 30.3 Å². The number of rotatable bonds is 11. The zero-order chi connectivity index (χ0) is 33.4. The SMILES string of the molecule is O=C(CCN1CCNCC1)Nc1ccc(-c2cc(-c3ccc4c(c3)OCO4)cc(-c3ccc(NC(=O)CCN4CCNCC4)cc3)n2)cc1. The number of amides is 2. The predicted octanol–water partition coefficient (Wildman–Crippen LogP) is 4.28. The maximum absolute atomic E-state index is 12.7. The summed E-state index contributed by atoms with van der Waals surface area (Å²) in [5, 5.41) is 12.8. The molecule has 0 atom stereocenters. The number of carbonyl (C=O) groups is 2. The Morgan fingerprint density at radius 1 is 0.592 bits per heavy atom. The summed E-state index contributed by atoms with van der Waals surface area (Å²) in [6.45, 7) is 9.49. The Bertz CT molecular complexity index is 1650. The highest BCUT2D eigenvalue weighted by molar-refractivity contribution is 5.92. The number of aromatic nitrogens is 1. The summed E-state index contributed by atoms with van der Waals surface area (Å²) >= 11 is 0. The highest BCUT2D eigenvalue weighted by Crippen LogP contribution is 2.38. The molecule has 11 heteroatoms. The van der Waals surface area contributed by atoms with Gasteiger partial charge in [0.05, 0.1) is 11.4 Å². The summed E-state index contributed by atoms with van der Waals surface area (Å²) in [6, 6.07) is 25.7. The molecule has 3 aliphatic heterocycles. The fourth-order valence-corrected chi connectivity index (χ4v) is 6.35. The number of carbonyl (C=O) groups excluding carboxylic acids is 2. The average molecular weight is 662 g/mol. The number of nitrogens with zero attached hydrogens (tertiary/aromatic N) is 3. The molecule has 0 spiro atoms. The summed E-state index contributed by atoms with van der Waals surface area (Å²) < 4.78 is 11.2. The van der Waals surface area contributed by atoms with Crippen LogP contribution in [0.25, 0.3) is 33.6 Å². The van der Waals surface area contributed by atoms with E-state index >= 15 is 0 Å². The van der Waals surface area contributed by atoms with Gasteiger partial charge in [-0.15, -0.1) is 0 Å². The van der Waals surface area contributed by atoms with E-state index in [1.807, 2.05) is 66.7 Å². The topological polar surface area (TPSA) is 120 Å². The molecule has 3 aliphatic rings. The molecule has 2 saturated heterocycles. The second-order valence-corrected chi connectivity index (χ2v) is 12.6. The molecule has 0 radical (unpaired) electrons. The molecular formula is C38H43N7O4. The van der Waals surface area contributed by atoms with E-state index < -0.39 is 0 Å². The molecule has 4 N–H and O–H groups in total. The van der Waals surface area contributed by atoms with Crippen LogP contribution in [0.2, 0.25) is 0 Å². The Morgan fingerprint density at radius 3 is 1.57 bits per heavy atom. The molecule has 0 bridgehead atoms. The molecule has 4 aromatic rings. The molecule has 2 amide bonds. The maximum Gasteiger partial charge on any atom is 0.231 e. The fraction of sp³-hybridized carbons (Fsp3) is 0.342. The largest absolute Gasteiger partial charge is 0.454 e. The van der Waals surface area contributed by atoms with Gasteiger partial charge in [-0.2, -0.15) is 0 Å². The quantitative estimate of drug-likeness (QED) is 0.187. The average Bonchev–Trinajstić information content (AvgIpc) is 3.63. The van der Waals surface area contributed by atoms with E-state index in [2.05, 4.69) is 43.2 Å². The molecule has 1 aromatic heterocycles. The van der Waals surface area contributed by atoms with Crippen molar-refractivity contribution in [3.63, 3.8) is 0 Å². The lowest BCUT2D eigenvalue weighted by Gasteiger charge is -2.26. The van der Waals surface area contributed by atoms with Crippen LogP contribution in [0.5, 0.6) is 11.5 Å². The van der Waals surface area contributed by atoms with Crippen molar-refractivity contribution in [3.05, 3.63) is 78.9 Å². The van der Waals surface area contributed by atoms with E-state index in [-0.39, 0.29) is 18.6 Å². The third-order valence-corrected chi connectivity index (χ3v) is 9.19. The number of ether oxygens (including phenoxy) is 2. The molecule has 0 saturated carbocycles. The highest BCUT2D eigenvalue weighted by Gasteiger charge is 2.17. The van der Waals surface area contributed by atoms with Crippen LogP contribution < -0.4 is 30.7 Å². The molecule has 11 nitrogen and oxygen atoms in total. The van der Waals surface area contributed by atoms with Gasteiger partial charge in [0.2, 0.25) is 18.6 Å². The summed E-state index contributed by atoms with van der Waals surface area (Å²) in [4.78, 5) is 35.0. The van der Waals surface area contributed by atoms with Crippen molar-refractivity contribution in [2.45, 2.75) is 12.8 Å². The fourth-order valence-electron chi connectivity index (χ4n) is 6.35. The van der Waals surface area contributed by atoms with Crippen molar-refractivity contribution in [1.82, 2.24) is 25.4 Å². The van der Waals surface area contributed by atoms with Gasteiger partial charge in [0.15, 0.2) is 11.5 Å². The van der Waals surface area contributed by atoms with Crippen molar-refractivity contribution in [3.8, 4) is 45.1 Å². The van der Waals surface area contributed by atoms with E-state index in [0.717, 1.165) is 116 Å². The first kappa shape index (κ1) is 32.7.